The number of rotatable bonds is 2. The van der Waals surface area contributed by atoms with Gasteiger partial charge in [0.25, 0.3) is 0 Å². The fourth-order valence-electron chi connectivity index (χ4n) is 1.12. The van der Waals surface area contributed by atoms with Gasteiger partial charge in [-0.1, -0.05) is 0 Å². The van der Waals surface area contributed by atoms with Gasteiger partial charge >= 0.3 is 0 Å². The van der Waals surface area contributed by atoms with Crippen molar-refractivity contribution in [2.24, 2.45) is 0 Å². The first-order valence-electron chi connectivity index (χ1n) is 3.51. The Morgan fingerprint density at radius 1 is 1.55 bits per heavy atom. The molecule has 2 atom stereocenters. The van der Waals surface area contributed by atoms with Gasteiger partial charge in [0.05, 0.1) is 6.61 Å². The minimum Gasteiger partial charge on any atom is -0.394 e. The van der Waals surface area contributed by atoms with Crippen LogP contribution >= 0.6 is 0 Å². The van der Waals surface area contributed by atoms with Crippen LogP contribution in [0.5, 0.6) is 0 Å². The Morgan fingerprint density at radius 2 is 2.18 bits per heavy atom. The van der Waals surface area contributed by atoms with Gasteiger partial charge in [0.1, 0.15) is 12.2 Å². The van der Waals surface area contributed by atoms with Crippen molar-refractivity contribution in [3.05, 3.63) is 0 Å². The third-order valence-corrected chi connectivity index (χ3v) is 1.54. The summed E-state index contributed by atoms with van der Waals surface area (Å²) in [6, 6.07) is 0. The van der Waals surface area contributed by atoms with Crippen LogP contribution in [0.25, 0.3) is 0 Å². The molecule has 1 fully saturated rings. The van der Waals surface area contributed by atoms with Crippen LogP contribution in [0.15, 0.2) is 0 Å². The molecular weight excluding hydrogens is 148 g/mol. The van der Waals surface area contributed by atoms with E-state index in [0.29, 0.717) is 6.29 Å². The standard InChI is InChI=1S/C7H12O4/c1-7(2)10-5(3-8)6(4-9)11-7/h3,5-6,9H,4H2,1-2H3/t5-,6-/m0/s1. The number of hydrogen-bond donors (Lipinski definition) is 1. The average Bonchev–Trinajstić information content (AvgIpc) is 2.25. The van der Waals surface area contributed by atoms with Crippen LogP contribution in [0, 0.1) is 0 Å². The minimum absolute atomic E-state index is 0.188. The van der Waals surface area contributed by atoms with E-state index in [0.717, 1.165) is 0 Å². The topological polar surface area (TPSA) is 55.8 Å². The quantitative estimate of drug-likeness (QED) is 0.563. The Labute approximate surface area is 65.1 Å². The summed E-state index contributed by atoms with van der Waals surface area (Å²) in [4.78, 5) is 10.3. The maximum atomic E-state index is 10.3. The Hall–Kier alpha value is -0.450. The van der Waals surface area contributed by atoms with Gasteiger partial charge < -0.3 is 19.4 Å². The molecule has 1 heterocycles. The molecule has 0 aliphatic carbocycles. The maximum absolute atomic E-state index is 10.3. The number of aldehydes is 1. The summed E-state index contributed by atoms with van der Waals surface area (Å²) in [6.45, 7) is 3.23. The van der Waals surface area contributed by atoms with Crippen LogP contribution in [-0.2, 0) is 14.3 Å². The van der Waals surface area contributed by atoms with Gasteiger partial charge in [0, 0.05) is 0 Å². The molecule has 0 spiro atoms. The van der Waals surface area contributed by atoms with Gasteiger partial charge in [-0.05, 0) is 13.8 Å². The second kappa shape index (κ2) is 2.89. The molecule has 0 unspecified atom stereocenters. The van der Waals surface area contributed by atoms with E-state index < -0.39 is 18.0 Å². The molecule has 0 bridgehead atoms. The lowest BCUT2D eigenvalue weighted by Gasteiger charge is -2.15. The van der Waals surface area contributed by atoms with Crippen LogP contribution in [-0.4, -0.2) is 36.0 Å². The van der Waals surface area contributed by atoms with Crippen molar-refractivity contribution in [2.45, 2.75) is 31.8 Å². The maximum Gasteiger partial charge on any atom is 0.164 e. The average molecular weight is 160 g/mol. The smallest absolute Gasteiger partial charge is 0.164 e. The first kappa shape index (κ1) is 8.64. The van der Waals surface area contributed by atoms with Crippen molar-refractivity contribution in [3.8, 4) is 0 Å². The summed E-state index contributed by atoms with van der Waals surface area (Å²) < 4.78 is 10.3. The molecule has 0 aromatic heterocycles. The third-order valence-electron chi connectivity index (χ3n) is 1.54. The van der Waals surface area contributed by atoms with Gasteiger partial charge in [-0.15, -0.1) is 0 Å². The Morgan fingerprint density at radius 3 is 2.55 bits per heavy atom. The fourth-order valence-corrected chi connectivity index (χ4v) is 1.12. The number of aliphatic hydroxyl groups excluding tert-OH is 1. The number of aliphatic hydroxyl groups is 1. The van der Waals surface area contributed by atoms with E-state index in [-0.39, 0.29) is 6.61 Å². The molecule has 11 heavy (non-hydrogen) atoms. The second-order valence-electron chi connectivity index (χ2n) is 2.96. The molecule has 0 aromatic rings. The van der Waals surface area contributed by atoms with Crippen LogP contribution < -0.4 is 0 Å². The highest BCUT2D eigenvalue weighted by Gasteiger charge is 2.40. The monoisotopic (exact) mass is 160 g/mol. The van der Waals surface area contributed by atoms with Gasteiger partial charge in [0.2, 0.25) is 0 Å². The normalized spacial score (nSPS) is 35.5. The lowest BCUT2D eigenvalue weighted by Crippen LogP contribution is -2.27. The largest absolute Gasteiger partial charge is 0.394 e. The van der Waals surface area contributed by atoms with Crippen molar-refractivity contribution in [1.82, 2.24) is 0 Å². The zero-order chi connectivity index (χ0) is 8.48. The number of hydrogen-bond acceptors (Lipinski definition) is 4. The third kappa shape index (κ3) is 1.77. The molecule has 1 aliphatic rings. The molecule has 4 nitrogen and oxygen atoms in total. The van der Waals surface area contributed by atoms with Gasteiger partial charge in [-0.2, -0.15) is 0 Å². The first-order valence-corrected chi connectivity index (χ1v) is 3.51. The molecule has 1 saturated heterocycles. The van der Waals surface area contributed by atoms with E-state index in [1.165, 1.54) is 0 Å². The van der Waals surface area contributed by atoms with Crippen molar-refractivity contribution < 1.29 is 19.4 Å². The Kier molecular flexibility index (Phi) is 2.27. The second-order valence-corrected chi connectivity index (χ2v) is 2.96. The van der Waals surface area contributed by atoms with Crippen molar-refractivity contribution >= 4 is 6.29 Å². The zero-order valence-electron chi connectivity index (χ0n) is 6.61. The van der Waals surface area contributed by atoms with Gasteiger partial charge in [0.15, 0.2) is 12.1 Å². The van der Waals surface area contributed by atoms with E-state index in [9.17, 15) is 4.79 Å². The fraction of sp³-hybridized carbons (Fsp3) is 0.857. The highest BCUT2D eigenvalue weighted by atomic mass is 16.8. The van der Waals surface area contributed by atoms with E-state index in [1.54, 1.807) is 13.8 Å². The molecule has 0 amide bonds. The van der Waals surface area contributed by atoms with Crippen LogP contribution in [0.2, 0.25) is 0 Å². The molecule has 1 N–H and O–H groups in total. The summed E-state index contributed by atoms with van der Waals surface area (Å²) in [5, 5.41) is 8.74. The summed E-state index contributed by atoms with van der Waals surface area (Å²) in [7, 11) is 0. The van der Waals surface area contributed by atoms with E-state index in [4.69, 9.17) is 14.6 Å². The zero-order valence-corrected chi connectivity index (χ0v) is 6.61. The summed E-state index contributed by atoms with van der Waals surface area (Å²) in [5.41, 5.74) is 0. The molecular formula is C7H12O4. The van der Waals surface area contributed by atoms with Crippen molar-refractivity contribution in [3.63, 3.8) is 0 Å². The first-order chi connectivity index (χ1) is 5.09. The van der Waals surface area contributed by atoms with E-state index >= 15 is 0 Å². The Balaban J connectivity index is 2.62. The summed E-state index contributed by atoms with van der Waals surface area (Å²) in [6.07, 6.45) is -0.493. The highest BCUT2D eigenvalue weighted by molar-refractivity contribution is 5.57. The van der Waals surface area contributed by atoms with Crippen LogP contribution in [0.4, 0.5) is 0 Å². The number of carbonyl (C=O) groups is 1. The predicted octanol–water partition coefficient (Wildman–Crippen LogP) is -0.302. The molecule has 1 aliphatic heterocycles. The SMILES string of the molecule is CC1(C)O[C@@H](C=O)[C@H](CO)O1. The lowest BCUT2D eigenvalue weighted by atomic mass is 10.2. The number of carbonyl (C=O) groups excluding carboxylic acids is 1. The van der Waals surface area contributed by atoms with Crippen molar-refractivity contribution in [1.29, 1.82) is 0 Å². The van der Waals surface area contributed by atoms with Gasteiger partial charge in [-0.3, -0.25) is 0 Å². The molecule has 4 heteroatoms. The van der Waals surface area contributed by atoms with Crippen LogP contribution in [0.1, 0.15) is 13.8 Å². The molecule has 0 radical (unpaired) electrons. The number of ether oxygens (including phenoxy) is 2. The van der Waals surface area contributed by atoms with E-state index in [2.05, 4.69) is 0 Å². The molecule has 64 valence electrons. The van der Waals surface area contributed by atoms with E-state index in [1.807, 2.05) is 0 Å². The van der Waals surface area contributed by atoms with Crippen LogP contribution in [0.3, 0.4) is 0 Å². The summed E-state index contributed by atoms with van der Waals surface area (Å²) >= 11 is 0. The Bertz CT molecular complexity index is 155. The van der Waals surface area contributed by atoms with Crippen molar-refractivity contribution in [2.75, 3.05) is 6.61 Å². The lowest BCUT2D eigenvalue weighted by molar-refractivity contribution is -0.152. The minimum atomic E-state index is -0.751. The molecule has 0 saturated carbocycles. The predicted molar refractivity (Wildman–Crippen MR) is 37.0 cm³/mol. The molecule has 0 aromatic carbocycles. The summed E-state index contributed by atoms with van der Waals surface area (Å²) in [5.74, 6) is -0.751. The molecule has 1 rings (SSSR count). The van der Waals surface area contributed by atoms with Gasteiger partial charge in [-0.25, -0.2) is 0 Å². The highest BCUT2D eigenvalue weighted by Crippen LogP contribution is 2.26.